The summed E-state index contributed by atoms with van der Waals surface area (Å²) in [5.41, 5.74) is 2.78. The monoisotopic (exact) mass is 248 g/mol. The van der Waals surface area contributed by atoms with E-state index in [0.717, 1.165) is 29.4 Å². The summed E-state index contributed by atoms with van der Waals surface area (Å²) >= 11 is 0. The van der Waals surface area contributed by atoms with Crippen LogP contribution in [0, 0.1) is 0 Å². The van der Waals surface area contributed by atoms with E-state index in [4.69, 9.17) is 9.39 Å². The topological polar surface area (TPSA) is 55.8 Å². The fraction of sp³-hybridized carbons (Fsp3) is 0.462. The predicted molar refractivity (Wildman–Crippen MR) is 69.0 cm³/mol. The molecule has 0 saturated carbocycles. The minimum absolute atomic E-state index is 0.0188. The fourth-order valence-electron chi connectivity index (χ4n) is 2.20. The van der Waals surface area contributed by atoms with Gasteiger partial charge < -0.3 is 14.4 Å². The molecule has 0 fully saturated rings. The van der Waals surface area contributed by atoms with Crippen molar-refractivity contribution in [2.45, 2.75) is 33.3 Å². The van der Waals surface area contributed by atoms with Gasteiger partial charge >= 0.3 is 7.12 Å². The first-order chi connectivity index (χ1) is 8.63. The van der Waals surface area contributed by atoms with Crippen molar-refractivity contribution in [2.75, 3.05) is 6.61 Å². The van der Waals surface area contributed by atoms with Crippen LogP contribution in [0.2, 0.25) is 0 Å². The molecule has 0 atom stereocenters. The third-order valence-corrected chi connectivity index (χ3v) is 2.98. The number of fused-ring (bicyclic) bond motifs is 1. The highest BCUT2D eigenvalue weighted by molar-refractivity contribution is 6.62. The number of hydrogen-bond donors (Lipinski definition) is 1. The first kappa shape index (κ1) is 13.1. The summed E-state index contributed by atoms with van der Waals surface area (Å²) in [4.78, 5) is 11.0. The van der Waals surface area contributed by atoms with E-state index in [1.54, 1.807) is 0 Å². The Hall–Kier alpha value is -1.33. The van der Waals surface area contributed by atoms with Crippen LogP contribution in [-0.2, 0) is 22.5 Å². The van der Waals surface area contributed by atoms with Gasteiger partial charge in [0.2, 0.25) is 0 Å². The van der Waals surface area contributed by atoms with Crippen molar-refractivity contribution < 1.29 is 19.2 Å². The van der Waals surface area contributed by atoms with E-state index in [-0.39, 0.29) is 12.4 Å². The Bertz CT molecular complexity index is 459. The van der Waals surface area contributed by atoms with Gasteiger partial charge in [0.1, 0.15) is 12.4 Å². The maximum Gasteiger partial charge on any atom is 0.492 e. The molecule has 1 aliphatic rings. The molecule has 1 aromatic carbocycles. The lowest BCUT2D eigenvalue weighted by Gasteiger charge is -2.14. The van der Waals surface area contributed by atoms with Crippen LogP contribution in [0.3, 0.4) is 0 Å². The third kappa shape index (κ3) is 2.57. The highest BCUT2D eigenvalue weighted by atomic mass is 16.5. The van der Waals surface area contributed by atoms with Crippen molar-refractivity contribution in [2.24, 2.45) is 0 Å². The number of benzene rings is 1. The largest absolute Gasteiger partial charge is 0.492 e. The van der Waals surface area contributed by atoms with Gasteiger partial charge in [-0.3, -0.25) is 4.79 Å². The third-order valence-electron chi connectivity index (χ3n) is 2.98. The molecule has 1 heterocycles. The van der Waals surface area contributed by atoms with Crippen molar-refractivity contribution in [3.8, 4) is 5.75 Å². The van der Waals surface area contributed by atoms with Gasteiger partial charge in [-0.25, -0.2) is 0 Å². The number of carbonyl (C=O) groups is 1. The standard InChI is InChI=1S/C13H17BO4/c1-3-4-11-12(17-7-9(2)15)6-5-10-8-18-14(16)13(10)11/h5-6,16H,3-4,7-8H2,1-2H3. The first-order valence-corrected chi connectivity index (χ1v) is 6.20. The van der Waals surface area contributed by atoms with Crippen LogP contribution in [0.1, 0.15) is 31.4 Å². The minimum Gasteiger partial charge on any atom is -0.486 e. The Kier molecular flexibility index (Phi) is 4.04. The van der Waals surface area contributed by atoms with Gasteiger partial charge in [0.05, 0.1) is 6.61 Å². The van der Waals surface area contributed by atoms with Crippen LogP contribution in [0.5, 0.6) is 5.75 Å². The van der Waals surface area contributed by atoms with E-state index >= 15 is 0 Å². The number of carbonyl (C=O) groups excluding carboxylic acids is 1. The van der Waals surface area contributed by atoms with E-state index in [9.17, 15) is 9.82 Å². The molecule has 5 heteroatoms. The maximum absolute atomic E-state index is 11.0. The van der Waals surface area contributed by atoms with Crippen LogP contribution in [0.25, 0.3) is 0 Å². The van der Waals surface area contributed by atoms with Crippen LogP contribution in [0.15, 0.2) is 12.1 Å². The Balaban J connectivity index is 2.34. The molecular weight excluding hydrogens is 231 g/mol. The number of rotatable bonds is 5. The molecule has 18 heavy (non-hydrogen) atoms. The van der Waals surface area contributed by atoms with Crippen LogP contribution in [-0.4, -0.2) is 24.5 Å². The zero-order chi connectivity index (χ0) is 13.1. The lowest BCUT2D eigenvalue weighted by Crippen LogP contribution is -2.32. The smallest absolute Gasteiger partial charge is 0.486 e. The van der Waals surface area contributed by atoms with Gasteiger partial charge in [0, 0.05) is 0 Å². The summed E-state index contributed by atoms with van der Waals surface area (Å²) in [6.45, 7) is 4.05. The minimum atomic E-state index is -0.873. The average molecular weight is 248 g/mol. The molecule has 1 aromatic rings. The molecule has 0 aliphatic carbocycles. The number of ketones is 1. The second-order valence-corrected chi connectivity index (χ2v) is 4.52. The Morgan fingerprint density at radius 2 is 2.33 bits per heavy atom. The van der Waals surface area contributed by atoms with Crippen molar-refractivity contribution in [3.63, 3.8) is 0 Å². The second-order valence-electron chi connectivity index (χ2n) is 4.52. The van der Waals surface area contributed by atoms with E-state index in [1.165, 1.54) is 6.92 Å². The zero-order valence-corrected chi connectivity index (χ0v) is 10.7. The van der Waals surface area contributed by atoms with Crippen molar-refractivity contribution in [3.05, 3.63) is 23.3 Å². The molecule has 0 bridgehead atoms. The summed E-state index contributed by atoms with van der Waals surface area (Å²) in [7, 11) is -0.873. The van der Waals surface area contributed by atoms with Crippen molar-refractivity contribution in [1.82, 2.24) is 0 Å². The van der Waals surface area contributed by atoms with Gasteiger partial charge in [-0.2, -0.15) is 0 Å². The quantitative estimate of drug-likeness (QED) is 0.784. The van der Waals surface area contributed by atoms with Gasteiger partial charge in [-0.05, 0) is 36.0 Å². The molecule has 96 valence electrons. The van der Waals surface area contributed by atoms with E-state index < -0.39 is 7.12 Å². The molecule has 0 unspecified atom stereocenters. The van der Waals surface area contributed by atoms with E-state index in [2.05, 4.69) is 6.92 Å². The summed E-state index contributed by atoms with van der Waals surface area (Å²) in [6, 6.07) is 3.74. The normalized spacial score (nSPS) is 13.6. The Morgan fingerprint density at radius 1 is 1.56 bits per heavy atom. The molecule has 0 aromatic heterocycles. The first-order valence-electron chi connectivity index (χ1n) is 6.20. The molecule has 2 rings (SSSR count). The lowest BCUT2D eigenvalue weighted by atomic mass is 9.75. The molecule has 0 saturated heterocycles. The highest BCUT2D eigenvalue weighted by Gasteiger charge is 2.31. The summed E-state index contributed by atoms with van der Waals surface area (Å²) < 4.78 is 10.7. The van der Waals surface area contributed by atoms with Gasteiger partial charge in [-0.15, -0.1) is 0 Å². The molecule has 4 nitrogen and oxygen atoms in total. The summed E-state index contributed by atoms with van der Waals surface area (Å²) in [6.07, 6.45) is 1.75. The number of Topliss-reactive ketones (excluding diaryl/α,β-unsaturated/α-hetero) is 1. The van der Waals surface area contributed by atoms with Crippen molar-refractivity contribution >= 4 is 18.4 Å². The predicted octanol–water partition coefficient (Wildman–Crippen LogP) is 0.825. The number of hydrogen-bond acceptors (Lipinski definition) is 4. The van der Waals surface area contributed by atoms with Gasteiger partial charge in [0.25, 0.3) is 0 Å². The Labute approximate surface area is 107 Å². The van der Waals surface area contributed by atoms with Gasteiger partial charge in [0.15, 0.2) is 5.78 Å². The van der Waals surface area contributed by atoms with Gasteiger partial charge in [-0.1, -0.05) is 19.4 Å². The maximum atomic E-state index is 11.0. The number of ether oxygens (including phenoxy) is 1. The summed E-state index contributed by atoms with van der Waals surface area (Å²) in [5, 5.41) is 9.85. The molecule has 0 amide bonds. The van der Waals surface area contributed by atoms with E-state index in [0.29, 0.717) is 12.4 Å². The van der Waals surface area contributed by atoms with Crippen LogP contribution in [0.4, 0.5) is 0 Å². The van der Waals surface area contributed by atoms with E-state index in [1.807, 2.05) is 12.1 Å². The lowest BCUT2D eigenvalue weighted by molar-refractivity contribution is -0.118. The summed E-state index contributed by atoms with van der Waals surface area (Å²) in [5.74, 6) is 0.657. The van der Waals surface area contributed by atoms with Crippen LogP contribution >= 0.6 is 0 Å². The molecule has 0 spiro atoms. The molecule has 1 aliphatic heterocycles. The SMILES string of the molecule is CCCc1c(OCC(C)=O)ccc2c1B(O)OC2. The molecule has 0 radical (unpaired) electrons. The fourth-order valence-corrected chi connectivity index (χ4v) is 2.20. The zero-order valence-electron chi connectivity index (χ0n) is 10.7. The molecule has 1 N–H and O–H groups in total. The van der Waals surface area contributed by atoms with Crippen LogP contribution < -0.4 is 10.2 Å². The van der Waals surface area contributed by atoms with Crippen molar-refractivity contribution in [1.29, 1.82) is 0 Å². The molecular formula is C13H17BO4. The Morgan fingerprint density at radius 3 is 3.00 bits per heavy atom. The average Bonchev–Trinajstić information content (AvgIpc) is 2.70. The second kappa shape index (κ2) is 5.54. The highest BCUT2D eigenvalue weighted by Crippen LogP contribution is 2.24.